The molecule has 21 heavy (non-hydrogen) atoms. The number of hydrogen-bond donors (Lipinski definition) is 2. The Morgan fingerprint density at radius 3 is 2.38 bits per heavy atom. The molecule has 0 radical (unpaired) electrons. The van der Waals surface area contributed by atoms with Gasteiger partial charge in [0.15, 0.2) is 0 Å². The summed E-state index contributed by atoms with van der Waals surface area (Å²) in [6.45, 7) is 1.79. The Morgan fingerprint density at radius 1 is 1.24 bits per heavy atom. The fourth-order valence-electron chi connectivity index (χ4n) is 1.89. The average Bonchev–Trinajstić information content (AvgIpc) is 2.63. The number of hydrogen-bond acceptors (Lipinski definition) is 5. The summed E-state index contributed by atoms with van der Waals surface area (Å²) in [4.78, 5) is 24.4. The molecular weight excluding hydrogens is 318 g/mol. The summed E-state index contributed by atoms with van der Waals surface area (Å²) in [5, 5.41) is 0. The van der Waals surface area contributed by atoms with Crippen LogP contribution < -0.4 is 10.5 Å². The van der Waals surface area contributed by atoms with Crippen molar-refractivity contribution in [2.45, 2.75) is 17.9 Å². The van der Waals surface area contributed by atoms with E-state index in [-0.39, 0.29) is 35.0 Å². The Bertz CT molecular complexity index is 690. The minimum absolute atomic E-state index is 0. The first-order valence-corrected chi connectivity index (χ1v) is 7.45. The number of carbonyl (C=O) groups is 2. The Hall–Kier alpha value is -1.48. The highest BCUT2D eigenvalue weighted by Crippen LogP contribution is 2.24. The summed E-state index contributed by atoms with van der Waals surface area (Å²) >= 11 is 0. The van der Waals surface area contributed by atoms with Gasteiger partial charge >= 0.3 is 0 Å². The number of fused-ring (bicyclic) bond motifs is 1. The minimum Gasteiger partial charge on any atom is -0.329 e. The predicted molar refractivity (Wildman–Crippen MR) is 79.0 cm³/mol. The van der Waals surface area contributed by atoms with Crippen LogP contribution in [0.3, 0.4) is 0 Å². The van der Waals surface area contributed by atoms with E-state index >= 15 is 0 Å². The predicted octanol–water partition coefficient (Wildman–Crippen LogP) is -0.0403. The van der Waals surface area contributed by atoms with Crippen LogP contribution in [0.4, 0.5) is 0 Å². The smallest absolute Gasteiger partial charge is 0.261 e. The van der Waals surface area contributed by atoms with Gasteiger partial charge in [0.2, 0.25) is 10.0 Å². The van der Waals surface area contributed by atoms with Crippen molar-refractivity contribution in [2.24, 2.45) is 5.73 Å². The summed E-state index contributed by atoms with van der Waals surface area (Å²) in [7, 11) is -2.41. The highest BCUT2D eigenvalue weighted by molar-refractivity contribution is 7.89. The van der Waals surface area contributed by atoms with Crippen LogP contribution in [0.25, 0.3) is 0 Å². The van der Waals surface area contributed by atoms with E-state index in [1.807, 2.05) is 0 Å². The lowest BCUT2D eigenvalue weighted by Crippen LogP contribution is -2.37. The topological polar surface area (TPSA) is 110 Å². The van der Waals surface area contributed by atoms with Gasteiger partial charge in [-0.1, -0.05) is 0 Å². The molecule has 2 amide bonds. The molecule has 3 N–H and O–H groups in total. The number of nitrogens with zero attached hydrogens (tertiary/aromatic N) is 1. The third-order valence-electron chi connectivity index (χ3n) is 3.08. The highest BCUT2D eigenvalue weighted by atomic mass is 35.5. The fraction of sp³-hybridized carbons (Fsp3) is 0.333. The van der Waals surface area contributed by atoms with E-state index in [9.17, 15) is 18.0 Å². The van der Waals surface area contributed by atoms with Crippen molar-refractivity contribution in [1.29, 1.82) is 0 Å². The van der Waals surface area contributed by atoms with Crippen molar-refractivity contribution in [3.05, 3.63) is 29.3 Å². The summed E-state index contributed by atoms with van der Waals surface area (Å²) < 4.78 is 26.6. The highest BCUT2D eigenvalue weighted by Gasteiger charge is 2.34. The van der Waals surface area contributed by atoms with Crippen molar-refractivity contribution < 1.29 is 18.0 Å². The van der Waals surface area contributed by atoms with Crippen LogP contribution in [0.2, 0.25) is 0 Å². The zero-order chi connectivity index (χ0) is 15.1. The van der Waals surface area contributed by atoms with Crippen molar-refractivity contribution in [2.75, 3.05) is 13.6 Å². The zero-order valence-corrected chi connectivity index (χ0v) is 13.1. The Kier molecular flexibility index (Phi) is 5.11. The fourth-order valence-corrected chi connectivity index (χ4v) is 3.17. The van der Waals surface area contributed by atoms with Crippen LogP contribution in [0.1, 0.15) is 27.6 Å². The molecule has 1 heterocycles. The van der Waals surface area contributed by atoms with E-state index < -0.39 is 27.9 Å². The number of halogens is 1. The Labute approximate surface area is 129 Å². The van der Waals surface area contributed by atoms with Gasteiger partial charge in [0.25, 0.3) is 11.8 Å². The van der Waals surface area contributed by atoms with Gasteiger partial charge < -0.3 is 5.73 Å². The van der Waals surface area contributed by atoms with E-state index in [2.05, 4.69) is 4.72 Å². The molecule has 9 heteroatoms. The standard InChI is InChI=1S/C12H15N3O4S.ClH/c1-7(6-13)14-20(18,19)8-3-4-9-10(5-8)12(17)15(2)11(9)16;/h3-5,7,14H,6,13H2,1-2H3;1H/t7-;/m0./s1. The van der Waals surface area contributed by atoms with Crippen molar-refractivity contribution in [1.82, 2.24) is 9.62 Å². The van der Waals surface area contributed by atoms with E-state index in [4.69, 9.17) is 5.73 Å². The van der Waals surface area contributed by atoms with Gasteiger partial charge in [-0.3, -0.25) is 14.5 Å². The van der Waals surface area contributed by atoms with Gasteiger partial charge in [-0.05, 0) is 25.1 Å². The number of amides is 2. The second-order valence-corrected chi connectivity index (χ2v) is 6.35. The maximum absolute atomic E-state index is 12.1. The van der Waals surface area contributed by atoms with Gasteiger partial charge in [-0.2, -0.15) is 0 Å². The molecule has 0 spiro atoms. The molecule has 1 aromatic carbocycles. The number of carbonyl (C=O) groups excluding carboxylic acids is 2. The number of sulfonamides is 1. The molecule has 7 nitrogen and oxygen atoms in total. The quantitative estimate of drug-likeness (QED) is 0.751. The first-order valence-electron chi connectivity index (χ1n) is 5.96. The molecule has 1 aliphatic rings. The molecule has 0 saturated carbocycles. The summed E-state index contributed by atoms with van der Waals surface area (Å²) in [6, 6.07) is 3.44. The molecule has 1 atom stereocenters. The van der Waals surface area contributed by atoms with Gasteiger partial charge in [0.05, 0.1) is 16.0 Å². The molecule has 0 aromatic heterocycles. The summed E-state index contributed by atoms with van der Waals surface area (Å²) in [5.74, 6) is -0.939. The van der Waals surface area contributed by atoms with Crippen molar-refractivity contribution >= 4 is 34.2 Å². The summed E-state index contributed by atoms with van der Waals surface area (Å²) in [6.07, 6.45) is 0. The number of imide groups is 1. The number of rotatable bonds is 4. The molecule has 0 fully saturated rings. The minimum atomic E-state index is -3.76. The molecule has 1 aromatic rings. The third-order valence-corrected chi connectivity index (χ3v) is 4.67. The van der Waals surface area contributed by atoms with Crippen LogP contribution in [0.15, 0.2) is 23.1 Å². The van der Waals surface area contributed by atoms with Crippen LogP contribution in [0, 0.1) is 0 Å². The van der Waals surface area contributed by atoms with Gasteiger partial charge in [0, 0.05) is 19.6 Å². The van der Waals surface area contributed by atoms with E-state index in [1.165, 1.54) is 25.2 Å². The van der Waals surface area contributed by atoms with Crippen molar-refractivity contribution in [3.63, 3.8) is 0 Å². The van der Waals surface area contributed by atoms with Crippen LogP contribution in [-0.4, -0.2) is 44.8 Å². The maximum Gasteiger partial charge on any atom is 0.261 e. The number of nitrogens with two attached hydrogens (primary N) is 1. The molecule has 116 valence electrons. The summed E-state index contributed by atoms with van der Waals surface area (Å²) in [5.41, 5.74) is 5.68. The van der Waals surface area contributed by atoms with Gasteiger partial charge in [-0.25, -0.2) is 13.1 Å². The second kappa shape index (κ2) is 6.10. The zero-order valence-electron chi connectivity index (χ0n) is 11.5. The van der Waals surface area contributed by atoms with Crippen LogP contribution in [-0.2, 0) is 10.0 Å². The lowest BCUT2D eigenvalue weighted by molar-refractivity contribution is 0.0693. The Morgan fingerprint density at radius 2 is 1.81 bits per heavy atom. The SMILES string of the molecule is C[C@@H](CN)NS(=O)(=O)c1ccc2c(c1)C(=O)N(C)C2=O.Cl. The molecule has 0 saturated heterocycles. The molecule has 0 unspecified atom stereocenters. The largest absolute Gasteiger partial charge is 0.329 e. The molecule has 2 rings (SSSR count). The van der Waals surface area contributed by atoms with Crippen molar-refractivity contribution in [3.8, 4) is 0 Å². The third kappa shape index (κ3) is 3.08. The normalized spacial score (nSPS) is 15.7. The molecule has 1 aliphatic heterocycles. The first-order chi connectivity index (χ1) is 9.27. The van der Waals surface area contributed by atoms with Crippen LogP contribution in [0.5, 0.6) is 0 Å². The van der Waals surface area contributed by atoms with E-state index in [0.717, 1.165) is 4.90 Å². The molecule has 0 bridgehead atoms. The monoisotopic (exact) mass is 333 g/mol. The number of benzene rings is 1. The van der Waals surface area contributed by atoms with E-state index in [1.54, 1.807) is 6.92 Å². The van der Waals surface area contributed by atoms with Gasteiger partial charge in [-0.15, -0.1) is 12.4 Å². The lowest BCUT2D eigenvalue weighted by atomic mass is 10.1. The average molecular weight is 334 g/mol. The number of nitrogens with one attached hydrogen (secondary N) is 1. The molecule has 0 aliphatic carbocycles. The van der Waals surface area contributed by atoms with Gasteiger partial charge in [0.1, 0.15) is 0 Å². The first kappa shape index (κ1) is 17.6. The lowest BCUT2D eigenvalue weighted by Gasteiger charge is -2.12. The van der Waals surface area contributed by atoms with Crippen LogP contribution >= 0.6 is 12.4 Å². The Balaban J connectivity index is 0.00000220. The second-order valence-electron chi connectivity index (χ2n) is 4.63. The van der Waals surface area contributed by atoms with E-state index in [0.29, 0.717) is 0 Å². The maximum atomic E-state index is 12.1. The molecular formula is C12H16ClN3O4S.